The van der Waals surface area contributed by atoms with Crippen molar-refractivity contribution in [3.05, 3.63) is 35.7 Å². The second-order valence-corrected chi connectivity index (χ2v) is 5.85. The molecule has 1 saturated heterocycles. The molecule has 1 aromatic carbocycles. The van der Waals surface area contributed by atoms with Gasteiger partial charge in [-0.2, -0.15) is 0 Å². The van der Waals surface area contributed by atoms with Gasteiger partial charge >= 0.3 is 0 Å². The van der Waals surface area contributed by atoms with Crippen molar-refractivity contribution in [1.82, 2.24) is 10.2 Å². The Kier molecular flexibility index (Phi) is 3.83. The van der Waals surface area contributed by atoms with Crippen molar-refractivity contribution >= 4 is 0 Å². The van der Waals surface area contributed by atoms with Crippen LogP contribution in [0.2, 0.25) is 0 Å². The van der Waals surface area contributed by atoms with Gasteiger partial charge in [0.05, 0.1) is 12.6 Å². The average molecular weight is 272 g/mol. The molecular formula is C16H22N3O+. The number of nitrogens with zero attached hydrogens (tertiary/aromatic N) is 2. The van der Waals surface area contributed by atoms with Gasteiger partial charge in [0.1, 0.15) is 0 Å². The maximum atomic E-state index is 5.82. The summed E-state index contributed by atoms with van der Waals surface area (Å²) in [6, 6.07) is 8.89. The predicted molar refractivity (Wildman–Crippen MR) is 77.3 cm³/mol. The number of aryl methyl sites for hydroxylation is 1. The second kappa shape index (κ2) is 5.75. The number of aromatic nitrogens is 2. The highest BCUT2D eigenvalue weighted by atomic mass is 16.4. The molecule has 0 amide bonds. The molecule has 3 rings (SSSR count). The minimum atomic E-state index is 0.629. The van der Waals surface area contributed by atoms with Gasteiger partial charge < -0.3 is 9.32 Å². The third-order valence-corrected chi connectivity index (χ3v) is 4.23. The van der Waals surface area contributed by atoms with Gasteiger partial charge in [0.2, 0.25) is 5.89 Å². The fraction of sp³-hybridized carbons (Fsp3) is 0.500. The number of nitrogens with one attached hydrogen (secondary N) is 1. The van der Waals surface area contributed by atoms with Crippen LogP contribution in [0.5, 0.6) is 0 Å². The van der Waals surface area contributed by atoms with Crippen LogP contribution in [0.25, 0.3) is 11.5 Å². The molecule has 4 heteroatoms. The van der Waals surface area contributed by atoms with Gasteiger partial charge in [-0.25, -0.2) is 0 Å². The minimum absolute atomic E-state index is 0.629. The van der Waals surface area contributed by atoms with E-state index in [1.807, 2.05) is 12.1 Å². The topological polar surface area (TPSA) is 43.4 Å². The summed E-state index contributed by atoms with van der Waals surface area (Å²) in [5.41, 5.74) is 2.23. The van der Waals surface area contributed by atoms with Crippen LogP contribution in [-0.2, 0) is 6.54 Å². The molecule has 0 aliphatic carbocycles. The van der Waals surface area contributed by atoms with E-state index < -0.39 is 0 Å². The van der Waals surface area contributed by atoms with Crippen LogP contribution >= 0.6 is 0 Å². The lowest BCUT2D eigenvalue weighted by atomic mass is 10.0. The van der Waals surface area contributed by atoms with Crippen LogP contribution in [-0.4, -0.2) is 22.8 Å². The highest BCUT2D eigenvalue weighted by Crippen LogP contribution is 2.18. The number of rotatable bonds is 3. The molecule has 20 heavy (non-hydrogen) atoms. The van der Waals surface area contributed by atoms with Gasteiger partial charge in [-0.05, 0) is 45.2 Å². The molecule has 1 fully saturated rings. The normalized spacial score (nSPS) is 22.9. The summed E-state index contributed by atoms with van der Waals surface area (Å²) in [7, 11) is 0. The monoisotopic (exact) mass is 272 g/mol. The zero-order valence-corrected chi connectivity index (χ0v) is 12.2. The van der Waals surface area contributed by atoms with Crippen molar-refractivity contribution in [3.8, 4) is 11.5 Å². The van der Waals surface area contributed by atoms with Gasteiger partial charge in [0, 0.05) is 5.56 Å². The molecule has 0 saturated carbocycles. The van der Waals surface area contributed by atoms with Gasteiger partial charge in [0.15, 0.2) is 6.54 Å². The molecule has 0 spiro atoms. The lowest BCUT2D eigenvalue weighted by Crippen LogP contribution is -3.14. The number of hydrogen-bond donors (Lipinski definition) is 1. The molecule has 2 heterocycles. The van der Waals surface area contributed by atoms with E-state index in [1.54, 1.807) is 4.90 Å². The maximum Gasteiger partial charge on any atom is 0.271 e. The van der Waals surface area contributed by atoms with E-state index in [0.717, 1.165) is 18.0 Å². The van der Waals surface area contributed by atoms with Crippen LogP contribution in [0.4, 0.5) is 0 Å². The Hall–Kier alpha value is -1.68. The van der Waals surface area contributed by atoms with Gasteiger partial charge in [-0.1, -0.05) is 17.7 Å². The van der Waals surface area contributed by atoms with Crippen LogP contribution in [0.1, 0.15) is 37.6 Å². The first-order valence-corrected chi connectivity index (χ1v) is 7.46. The maximum absolute atomic E-state index is 5.82. The molecule has 2 atom stereocenters. The Morgan fingerprint density at radius 3 is 2.75 bits per heavy atom. The zero-order valence-electron chi connectivity index (χ0n) is 12.2. The molecule has 1 N–H and O–H groups in total. The molecule has 1 aliphatic heterocycles. The van der Waals surface area contributed by atoms with E-state index in [-0.39, 0.29) is 0 Å². The molecule has 2 aromatic rings. The third kappa shape index (κ3) is 2.90. The highest BCUT2D eigenvalue weighted by molar-refractivity contribution is 5.52. The lowest BCUT2D eigenvalue weighted by Gasteiger charge is -2.28. The molecule has 4 nitrogen and oxygen atoms in total. The first-order chi connectivity index (χ1) is 9.72. The smallest absolute Gasteiger partial charge is 0.271 e. The van der Waals surface area contributed by atoms with Crippen LogP contribution < -0.4 is 4.90 Å². The minimum Gasteiger partial charge on any atom is -0.415 e. The number of likely N-dealkylation sites (tertiary alicyclic amines) is 1. The second-order valence-electron chi connectivity index (χ2n) is 5.85. The SMILES string of the molecule is Cc1ccc(-c2nnc(C[NH+]3CCCC[C@@H]3C)o2)cc1. The molecular weight excluding hydrogens is 250 g/mol. The first-order valence-electron chi connectivity index (χ1n) is 7.46. The zero-order chi connectivity index (χ0) is 13.9. The number of hydrogen-bond acceptors (Lipinski definition) is 3. The number of piperidine rings is 1. The standard InChI is InChI=1S/C16H21N3O/c1-12-6-8-14(9-7-12)16-18-17-15(20-16)11-19-10-4-3-5-13(19)2/h6-9,13H,3-5,10-11H2,1-2H3/p+1/t13-/m0/s1. The van der Waals surface area contributed by atoms with E-state index in [0.29, 0.717) is 11.9 Å². The Balaban J connectivity index is 1.71. The summed E-state index contributed by atoms with van der Waals surface area (Å²) in [4.78, 5) is 1.57. The summed E-state index contributed by atoms with van der Waals surface area (Å²) in [5, 5.41) is 8.38. The third-order valence-electron chi connectivity index (χ3n) is 4.23. The summed E-state index contributed by atoms with van der Waals surface area (Å²) in [6.07, 6.45) is 3.95. The van der Waals surface area contributed by atoms with Crippen molar-refractivity contribution in [2.24, 2.45) is 0 Å². The van der Waals surface area contributed by atoms with E-state index in [4.69, 9.17) is 4.42 Å². The van der Waals surface area contributed by atoms with Gasteiger partial charge in [-0.3, -0.25) is 0 Å². The summed E-state index contributed by atoms with van der Waals surface area (Å²) in [5.74, 6) is 1.38. The van der Waals surface area contributed by atoms with Crippen molar-refractivity contribution in [2.45, 2.75) is 45.7 Å². The summed E-state index contributed by atoms with van der Waals surface area (Å²) < 4.78 is 5.82. The molecule has 106 valence electrons. The van der Waals surface area contributed by atoms with Crippen molar-refractivity contribution in [1.29, 1.82) is 0 Å². The van der Waals surface area contributed by atoms with E-state index in [2.05, 4.69) is 36.2 Å². The van der Waals surface area contributed by atoms with Crippen LogP contribution in [0.15, 0.2) is 28.7 Å². The first kappa shape index (κ1) is 13.3. The summed E-state index contributed by atoms with van der Waals surface area (Å²) >= 11 is 0. The molecule has 1 aromatic heterocycles. The average Bonchev–Trinajstić information content (AvgIpc) is 2.91. The fourth-order valence-corrected chi connectivity index (χ4v) is 2.85. The highest BCUT2D eigenvalue weighted by Gasteiger charge is 2.24. The van der Waals surface area contributed by atoms with Gasteiger partial charge in [0.25, 0.3) is 5.89 Å². The van der Waals surface area contributed by atoms with Crippen molar-refractivity contribution in [2.75, 3.05) is 6.54 Å². The van der Waals surface area contributed by atoms with E-state index in [9.17, 15) is 0 Å². The Bertz CT molecular complexity index is 561. The predicted octanol–water partition coefficient (Wildman–Crippen LogP) is 2.00. The van der Waals surface area contributed by atoms with Crippen molar-refractivity contribution in [3.63, 3.8) is 0 Å². The molecule has 0 bridgehead atoms. The van der Waals surface area contributed by atoms with Gasteiger partial charge in [-0.15, -0.1) is 10.2 Å². The fourth-order valence-electron chi connectivity index (χ4n) is 2.85. The van der Waals surface area contributed by atoms with E-state index >= 15 is 0 Å². The molecule has 1 unspecified atom stereocenters. The quantitative estimate of drug-likeness (QED) is 0.929. The summed E-state index contributed by atoms with van der Waals surface area (Å²) in [6.45, 7) is 6.44. The molecule has 1 aliphatic rings. The Morgan fingerprint density at radius 2 is 2.00 bits per heavy atom. The Morgan fingerprint density at radius 1 is 1.20 bits per heavy atom. The van der Waals surface area contributed by atoms with Crippen molar-refractivity contribution < 1.29 is 9.32 Å². The van der Waals surface area contributed by atoms with E-state index in [1.165, 1.54) is 31.4 Å². The lowest BCUT2D eigenvalue weighted by molar-refractivity contribution is -0.943. The Labute approximate surface area is 119 Å². The van der Waals surface area contributed by atoms with Crippen LogP contribution in [0, 0.1) is 6.92 Å². The number of benzene rings is 1. The largest absolute Gasteiger partial charge is 0.415 e. The number of quaternary nitrogens is 1. The molecule has 0 radical (unpaired) electrons. The van der Waals surface area contributed by atoms with Crippen LogP contribution in [0.3, 0.4) is 0 Å².